The van der Waals surface area contributed by atoms with E-state index in [2.05, 4.69) is 15.0 Å². The smallest absolute Gasteiger partial charge is 0.279 e. The zero-order chi connectivity index (χ0) is 14.0. The van der Waals surface area contributed by atoms with Gasteiger partial charge in [0.15, 0.2) is 0 Å². The van der Waals surface area contributed by atoms with Crippen LogP contribution in [0, 0.1) is 21.4 Å². The Morgan fingerprint density at radius 2 is 2.32 bits per heavy atom. The first-order valence-corrected chi connectivity index (χ1v) is 4.90. The minimum absolute atomic E-state index is 0.100. The average Bonchev–Trinajstić information content (AvgIpc) is 2.39. The summed E-state index contributed by atoms with van der Waals surface area (Å²) in [5.74, 6) is 0. The van der Waals surface area contributed by atoms with E-state index in [1.54, 1.807) is 0 Å². The Bertz CT molecular complexity index is 787. The highest BCUT2D eigenvalue weighted by atomic mass is 16.6. The van der Waals surface area contributed by atoms with Gasteiger partial charge >= 0.3 is 0 Å². The van der Waals surface area contributed by atoms with Crippen LogP contribution in [0.2, 0.25) is 0 Å². The second-order valence-electron chi connectivity index (χ2n) is 3.50. The van der Waals surface area contributed by atoms with Crippen LogP contribution in [0.15, 0.2) is 23.4 Å². The number of hydrogen-bond acceptors (Lipinski definition) is 6. The maximum atomic E-state index is 10.9. The van der Waals surface area contributed by atoms with Crippen LogP contribution in [0.5, 0.6) is 0 Å². The van der Waals surface area contributed by atoms with Crippen LogP contribution in [-0.4, -0.2) is 9.91 Å². The van der Waals surface area contributed by atoms with Gasteiger partial charge in [-0.05, 0) is 11.6 Å². The minimum atomic E-state index is -0.693. The topological polar surface area (TPSA) is 155 Å². The Morgan fingerprint density at radius 1 is 1.58 bits per heavy atom. The Balaban J connectivity index is 2.90. The van der Waals surface area contributed by atoms with E-state index < -0.39 is 10.6 Å². The van der Waals surface area contributed by atoms with Crippen molar-refractivity contribution in [3.05, 3.63) is 44.5 Å². The Morgan fingerprint density at radius 3 is 2.89 bits per heavy atom. The zero-order valence-electron chi connectivity index (χ0n) is 9.31. The van der Waals surface area contributed by atoms with E-state index in [1.165, 1.54) is 12.3 Å². The van der Waals surface area contributed by atoms with Crippen molar-refractivity contribution in [2.24, 2.45) is 5.11 Å². The molecule has 0 bridgehead atoms. The number of nitro groups is 1. The lowest BCUT2D eigenvalue weighted by Crippen LogP contribution is -1.96. The average molecular weight is 255 g/mol. The van der Waals surface area contributed by atoms with Crippen molar-refractivity contribution < 1.29 is 4.92 Å². The number of nitrogen functional groups attached to an aromatic ring is 1. The number of anilines is 1. The van der Waals surface area contributed by atoms with Gasteiger partial charge in [-0.25, -0.2) is 0 Å². The predicted octanol–water partition coefficient (Wildman–Crippen LogP) is 2.54. The molecule has 2 aromatic rings. The summed E-state index contributed by atoms with van der Waals surface area (Å²) >= 11 is 0. The minimum Gasteiger partial charge on any atom is -0.397 e. The molecule has 19 heavy (non-hydrogen) atoms. The molecule has 0 amide bonds. The molecule has 2 N–H and O–H groups in total. The largest absolute Gasteiger partial charge is 0.397 e. The predicted molar refractivity (Wildman–Crippen MR) is 66.3 cm³/mol. The number of nitro benzene ring substituents is 1. The van der Waals surface area contributed by atoms with Crippen molar-refractivity contribution in [1.82, 2.24) is 4.98 Å². The van der Waals surface area contributed by atoms with Crippen molar-refractivity contribution in [2.45, 2.75) is 0 Å². The van der Waals surface area contributed by atoms with Crippen LogP contribution < -0.4 is 5.73 Å². The van der Waals surface area contributed by atoms with Gasteiger partial charge in [0.2, 0.25) is 0 Å². The fourth-order valence-electron chi connectivity index (χ4n) is 1.60. The first-order valence-electron chi connectivity index (χ1n) is 4.90. The molecule has 0 saturated heterocycles. The molecule has 0 aliphatic rings. The van der Waals surface area contributed by atoms with Crippen LogP contribution in [0.25, 0.3) is 21.3 Å². The SMILES string of the molecule is N#Cc1cnc2cc(N=[N+]=[N-])c([N+](=O)[O-])cc2c1N. The van der Waals surface area contributed by atoms with Gasteiger partial charge in [0, 0.05) is 22.6 Å². The molecule has 1 aromatic carbocycles. The van der Waals surface area contributed by atoms with Crippen LogP contribution in [0.1, 0.15) is 5.56 Å². The van der Waals surface area contributed by atoms with Crippen molar-refractivity contribution in [2.75, 3.05) is 5.73 Å². The van der Waals surface area contributed by atoms with Gasteiger partial charge in [-0.3, -0.25) is 15.1 Å². The number of rotatable bonds is 2. The van der Waals surface area contributed by atoms with Crippen molar-refractivity contribution in [1.29, 1.82) is 5.26 Å². The Kier molecular flexibility index (Phi) is 2.85. The quantitative estimate of drug-likeness (QED) is 0.287. The summed E-state index contributed by atoms with van der Waals surface area (Å²) < 4.78 is 0. The Hall–Kier alpha value is -3.37. The monoisotopic (exact) mass is 255 g/mol. The molecule has 9 nitrogen and oxygen atoms in total. The second-order valence-corrected chi connectivity index (χ2v) is 3.50. The standard InChI is InChI=1S/C10H5N7O2/c11-3-5-4-14-7-2-8(15-16-13)9(17(18)19)1-6(7)10(5)12/h1-2,4H,(H2,12,14). The lowest BCUT2D eigenvalue weighted by Gasteiger charge is -2.04. The van der Waals surface area contributed by atoms with Crippen LogP contribution in [0.4, 0.5) is 17.1 Å². The number of nitrogens with two attached hydrogens (primary N) is 1. The molecule has 0 radical (unpaired) electrons. The number of nitriles is 1. The van der Waals surface area contributed by atoms with E-state index in [-0.39, 0.29) is 22.3 Å². The van der Waals surface area contributed by atoms with Crippen LogP contribution in [-0.2, 0) is 0 Å². The molecule has 2 rings (SSSR count). The van der Waals surface area contributed by atoms with E-state index in [9.17, 15) is 10.1 Å². The highest BCUT2D eigenvalue weighted by molar-refractivity contribution is 5.96. The summed E-state index contributed by atoms with van der Waals surface area (Å²) in [6.45, 7) is 0. The molecule has 92 valence electrons. The summed E-state index contributed by atoms with van der Waals surface area (Å²) in [5, 5.41) is 23.2. The third kappa shape index (κ3) is 1.95. The van der Waals surface area contributed by atoms with Gasteiger partial charge in [-0.2, -0.15) is 5.26 Å². The summed E-state index contributed by atoms with van der Waals surface area (Å²) in [7, 11) is 0. The number of nitrogens with zero attached hydrogens (tertiary/aromatic N) is 6. The lowest BCUT2D eigenvalue weighted by atomic mass is 10.1. The van der Waals surface area contributed by atoms with Crippen LogP contribution in [0.3, 0.4) is 0 Å². The van der Waals surface area contributed by atoms with Gasteiger partial charge in [0.25, 0.3) is 5.69 Å². The molecule has 0 fully saturated rings. The molecular formula is C10H5N7O2. The van der Waals surface area contributed by atoms with E-state index in [0.717, 1.165) is 6.07 Å². The maximum Gasteiger partial charge on any atom is 0.279 e. The van der Waals surface area contributed by atoms with Crippen LogP contribution >= 0.6 is 0 Å². The van der Waals surface area contributed by atoms with E-state index in [0.29, 0.717) is 5.52 Å². The van der Waals surface area contributed by atoms with Gasteiger partial charge in [-0.1, -0.05) is 5.11 Å². The highest BCUT2D eigenvalue weighted by Crippen LogP contribution is 2.34. The zero-order valence-corrected chi connectivity index (χ0v) is 9.31. The maximum absolute atomic E-state index is 10.9. The van der Waals surface area contributed by atoms with Gasteiger partial charge in [0.1, 0.15) is 11.8 Å². The fourth-order valence-corrected chi connectivity index (χ4v) is 1.60. The molecule has 9 heteroatoms. The van der Waals surface area contributed by atoms with Gasteiger partial charge in [-0.15, -0.1) is 0 Å². The molecule has 0 unspecified atom stereocenters. The molecule has 0 spiro atoms. The molecule has 1 aromatic heterocycles. The number of aromatic nitrogens is 1. The third-order valence-corrected chi connectivity index (χ3v) is 2.48. The molecule has 0 aliphatic heterocycles. The number of azide groups is 1. The first-order chi connectivity index (χ1) is 9.08. The number of pyridine rings is 1. The van der Waals surface area contributed by atoms with Gasteiger partial charge in [0.05, 0.1) is 21.7 Å². The molecule has 1 heterocycles. The lowest BCUT2D eigenvalue weighted by molar-refractivity contribution is -0.383. The highest BCUT2D eigenvalue weighted by Gasteiger charge is 2.17. The van der Waals surface area contributed by atoms with E-state index >= 15 is 0 Å². The number of benzene rings is 1. The third-order valence-electron chi connectivity index (χ3n) is 2.48. The number of hydrogen-bond donors (Lipinski definition) is 1. The summed E-state index contributed by atoms with van der Waals surface area (Å²) in [5.41, 5.74) is 14.1. The normalized spacial score (nSPS) is 9.63. The summed E-state index contributed by atoms with van der Waals surface area (Å²) in [4.78, 5) is 16.7. The Labute approximate surface area is 105 Å². The van der Waals surface area contributed by atoms with Crippen molar-refractivity contribution >= 4 is 28.0 Å². The molecule has 0 aliphatic carbocycles. The summed E-state index contributed by atoms with van der Waals surface area (Å²) in [6.07, 6.45) is 1.25. The summed E-state index contributed by atoms with van der Waals surface area (Å²) in [6, 6.07) is 4.23. The molecular weight excluding hydrogens is 250 g/mol. The van der Waals surface area contributed by atoms with Crippen molar-refractivity contribution in [3.63, 3.8) is 0 Å². The molecule has 0 saturated carbocycles. The first kappa shape index (κ1) is 12.1. The fraction of sp³-hybridized carbons (Fsp3) is 0. The second kappa shape index (κ2) is 4.48. The van der Waals surface area contributed by atoms with Gasteiger partial charge < -0.3 is 5.73 Å². The van der Waals surface area contributed by atoms with Crippen molar-refractivity contribution in [3.8, 4) is 6.07 Å². The van der Waals surface area contributed by atoms with E-state index in [4.69, 9.17) is 16.5 Å². The van der Waals surface area contributed by atoms with E-state index in [1.807, 2.05) is 6.07 Å². The molecule has 0 atom stereocenters. The number of fused-ring (bicyclic) bond motifs is 1.